The molecule has 6 heteroatoms. The first-order chi connectivity index (χ1) is 13.2. The van der Waals surface area contributed by atoms with Gasteiger partial charge < -0.3 is 25.2 Å². The van der Waals surface area contributed by atoms with E-state index in [-0.39, 0.29) is 6.10 Å². The summed E-state index contributed by atoms with van der Waals surface area (Å²) >= 11 is 0. The minimum atomic E-state index is -0.202. The first kappa shape index (κ1) is 21.5. The van der Waals surface area contributed by atoms with Crippen LogP contribution in [0, 0.1) is 5.92 Å². The van der Waals surface area contributed by atoms with Crippen molar-refractivity contribution in [3.05, 3.63) is 29.8 Å². The van der Waals surface area contributed by atoms with Gasteiger partial charge in [0.1, 0.15) is 5.75 Å². The van der Waals surface area contributed by atoms with Crippen molar-refractivity contribution >= 4 is 5.96 Å². The van der Waals surface area contributed by atoms with Gasteiger partial charge in [0.25, 0.3) is 0 Å². The number of hydrogen-bond donors (Lipinski definition) is 3. The molecule has 1 aromatic rings. The fraction of sp³-hybridized carbons (Fsp3) is 0.667. The van der Waals surface area contributed by atoms with Crippen LogP contribution in [0.2, 0.25) is 0 Å². The van der Waals surface area contributed by atoms with Crippen molar-refractivity contribution in [1.82, 2.24) is 10.6 Å². The molecule has 0 heterocycles. The predicted octanol–water partition coefficient (Wildman–Crippen LogP) is 2.71. The Morgan fingerprint density at radius 2 is 1.96 bits per heavy atom. The molecule has 3 N–H and O–H groups in total. The highest BCUT2D eigenvalue weighted by Crippen LogP contribution is 2.23. The summed E-state index contributed by atoms with van der Waals surface area (Å²) in [7, 11) is 1.67. The standard InChI is InChI=1S/C21H35N3O3/c1-3-27-14-6-13-22-21(24-16-18-7-4-5-8-20(18)25)23-15-17-9-11-19(26-2)12-10-17/h9-12,18,20,25H,3-8,13-16H2,1-2H3,(H2,22,23,24). The molecule has 27 heavy (non-hydrogen) atoms. The largest absolute Gasteiger partial charge is 0.497 e. The molecule has 0 amide bonds. The molecule has 0 aromatic heterocycles. The highest BCUT2D eigenvalue weighted by molar-refractivity contribution is 5.79. The van der Waals surface area contributed by atoms with E-state index < -0.39 is 0 Å². The average molecular weight is 378 g/mol. The molecule has 1 fully saturated rings. The molecular weight excluding hydrogens is 342 g/mol. The number of benzene rings is 1. The number of aliphatic hydroxyl groups excluding tert-OH is 1. The van der Waals surface area contributed by atoms with E-state index >= 15 is 0 Å². The maximum atomic E-state index is 10.2. The van der Waals surface area contributed by atoms with Crippen LogP contribution in [0.25, 0.3) is 0 Å². The maximum absolute atomic E-state index is 10.2. The number of nitrogens with one attached hydrogen (secondary N) is 2. The molecule has 1 aromatic carbocycles. The third-order valence-corrected chi connectivity index (χ3v) is 4.94. The number of rotatable bonds is 10. The highest BCUT2D eigenvalue weighted by atomic mass is 16.5. The molecule has 2 atom stereocenters. The summed E-state index contributed by atoms with van der Waals surface area (Å²) in [6.45, 7) is 5.65. The van der Waals surface area contributed by atoms with Gasteiger partial charge in [0.15, 0.2) is 5.96 Å². The topological polar surface area (TPSA) is 75.1 Å². The van der Waals surface area contributed by atoms with Gasteiger partial charge >= 0.3 is 0 Å². The Balaban J connectivity index is 1.88. The van der Waals surface area contributed by atoms with Gasteiger partial charge in [-0.2, -0.15) is 0 Å². The molecule has 152 valence electrons. The molecule has 1 saturated carbocycles. The first-order valence-electron chi connectivity index (χ1n) is 10.1. The summed E-state index contributed by atoms with van der Waals surface area (Å²) in [5.41, 5.74) is 1.13. The second-order valence-electron chi connectivity index (χ2n) is 6.98. The van der Waals surface area contributed by atoms with Crippen LogP contribution in [0.4, 0.5) is 0 Å². The Labute approximate surface area is 163 Å². The second kappa shape index (κ2) is 12.6. The Morgan fingerprint density at radius 3 is 2.67 bits per heavy atom. The zero-order chi connectivity index (χ0) is 19.3. The Morgan fingerprint density at radius 1 is 1.19 bits per heavy atom. The van der Waals surface area contributed by atoms with Crippen molar-refractivity contribution in [3.8, 4) is 5.75 Å². The van der Waals surface area contributed by atoms with E-state index in [0.29, 0.717) is 12.5 Å². The van der Waals surface area contributed by atoms with Crippen molar-refractivity contribution in [3.63, 3.8) is 0 Å². The van der Waals surface area contributed by atoms with Crippen molar-refractivity contribution in [2.24, 2.45) is 10.9 Å². The maximum Gasteiger partial charge on any atom is 0.191 e. The van der Waals surface area contributed by atoms with Gasteiger partial charge in [-0.3, -0.25) is 0 Å². The molecule has 0 spiro atoms. The molecular formula is C21H35N3O3. The van der Waals surface area contributed by atoms with Crippen LogP contribution in [-0.2, 0) is 11.3 Å². The SMILES string of the molecule is CCOCCCNC(=NCc1ccc(OC)cc1)NCC1CCCCC1O. The summed E-state index contributed by atoms with van der Waals surface area (Å²) in [5, 5.41) is 17.0. The van der Waals surface area contributed by atoms with E-state index in [2.05, 4.69) is 10.6 Å². The van der Waals surface area contributed by atoms with Crippen LogP contribution >= 0.6 is 0 Å². The van der Waals surface area contributed by atoms with Gasteiger partial charge in [-0.25, -0.2) is 4.99 Å². The number of ether oxygens (including phenoxy) is 2. The highest BCUT2D eigenvalue weighted by Gasteiger charge is 2.22. The Hall–Kier alpha value is -1.79. The lowest BCUT2D eigenvalue weighted by atomic mass is 9.86. The van der Waals surface area contributed by atoms with E-state index in [1.807, 2.05) is 31.2 Å². The fourth-order valence-corrected chi connectivity index (χ4v) is 3.25. The molecule has 1 aliphatic carbocycles. The van der Waals surface area contributed by atoms with Gasteiger partial charge in [0.05, 0.1) is 19.8 Å². The van der Waals surface area contributed by atoms with Crippen LogP contribution in [0.3, 0.4) is 0 Å². The second-order valence-corrected chi connectivity index (χ2v) is 6.98. The van der Waals surface area contributed by atoms with Crippen molar-refractivity contribution < 1.29 is 14.6 Å². The molecule has 2 unspecified atom stereocenters. The normalized spacial score (nSPS) is 20.3. The zero-order valence-corrected chi connectivity index (χ0v) is 16.7. The number of hydrogen-bond acceptors (Lipinski definition) is 4. The summed E-state index contributed by atoms with van der Waals surface area (Å²) < 4.78 is 10.6. The van der Waals surface area contributed by atoms with Crippen molar-refractivity contribution in [1.29, 1.82) is 0 Å². The van der Waals surface area contributed by atoms with Gasteiger partial charge in [0, 0.05) is 32.2 Å². The number of aliphatic imine (C=N–C) groups is 1. The van der Waals surface area contributed by atoms with Crippen molar-refractivity contribution in [2.45, 2.75) is 51.7 Å². The average Bonchev–Trinajstić information content (AvgIpc) is 2.70. The van der Waals surface area contributed by atoms with Crippen LogP contribution in [-0.4, -0.2) is 50.6 Å². The fourth-order valence-electron chi connectivity index (χ4n) is 3.25. The number of nitrogens with zero attached hydrogens (tertiary/aromatic N) is 1. The predicted molar refractivity (Wildman–Crippen MR) is 109 cm³/mol. The van der Waals surface area contributed by atoms with Crippen LogP contribution < -0.4 is 15.4 Å². The third kappa shape index (κ3) is 8.18. The quantitative estimate of drug-likeness (QED) is 0.332. The molecule has 2 rings (SSSR count). The minimum Gasteiger partial charge on any atom is -0.497 e. The summed E-state index contributed by atoms with van der Waals surface area (Å²) in [5.74, 6) is 1.94. The van der Waals surface area contributed by atoms with Gasteiger partial charge in [-0.05, 0) is 43.9 Å². The van der Waals surface area contributed by atoms with Crippen LogP contribution in [0.5, 0.6) is 5.75 Å². The first-order valence-corrected chi connectivity index (χ1v) is 10.1. The molecule has 1 aliphatic rings. The molecule has 0 bridgehead atoms. The van der Waals surface area contributed by atoms with Crippen LogP contribution in [0.15, 0.2) is 29.3 Å². The van der Waals surface area contributed by atoms with E-state index in [4.69, 9.17) is 14.5 Å². The lowest BCUT2D eigenvalue weighted by Gasteiger charge is -2.28. The summed E-state index contributed by atoms with van der Waals surface area (Å²) in [4.78, 5) is 4.71. The molecule has 0 radical (unpaired) electrons. The van der Waals surface area contributed by atoms with E-state index in [1.54, 1.807) is 7.11 Å². The molecule has 0 aliphatic heterocycles. The monoisotopic (exact) mass is 377 g/mol. The summed E-state index contributed by atoms with van der Waals surface area (Å²) in [6.07, 6.45) is 5.04. The smallest absolute Gasteiger partial charge is 0.191 e. The third-order valence-electron chi connectivity index (χ3n) is 4.94. The number of methoxy groups -OCH3 is 1. The Bertz CT molecular complexity index is 548. The van der Waals surface area contributed by atoms with Gasteiger partial charge in [0.2, 0.25) is 0 Å². The summed E-state index contributed by atoms with van der Waals surface area (Å²) in [6, 6.07) is 7.96. The Kier molecular flexibility index (Phi) is 10.0. The van der Waals surface area contributed by atoms with Gasteiger partial charge in [-0.15, -0.1) is 0 Å². The minimum absolute atomic E-state index is 0.202. The zero-order valence-electron chi connectivity index (χ0n) is 16.7. The van der Waals surface area contributed by atoms with E-state index in [0.717, 1.165) is 69.3 Å². The molecule has 6 nitrogen and oxygen atoms in total. The number of guanidine groups is 1. The lowest BCUT2D eigenvalue weighted by Crippen LogP contribution is -2.43. The molecule has 0 saturated heterocycles. The van der Waals surface area contributed by atoms with E-state index in [1.165, 1.54) is 6.42 Å². The van der Waals surface area contributed by atoms with Gasteiger partial charge in [-0.1, -0.05) is 25.0 Å². The lowest BCUT2D eigenvalue weighted by molar-refractivity contribution is 0.0719. The number of aliphatic hydroxyl groups is 1. The van der Waals surface area contributed by atoms with E-state index in [9.17, 15) is 5.11 Å². The van der Waals surface area contributed by atoms with Crippen LogP contribution in [0.1, 0.15) is 44.6 Å². The van der Waals surface area contributed by atoms with Crippen molar-refractivity contribution in [2.75, 3.05) is 33.4 Å².